The number of methoxy groups -OCH3 is 1. The number of hydrogen-bond acceptors (Lipinski definition) is 4. The summed E-state index contributed by atoms with van der Waals surface area (Å²) in [4.78, 5) is 23.8. The van der Waals surface area contributed by atoms with E-state index in [0.29, 0.717) is 39.1 Å². The molecule has 7 heteroatoms. The van der Waals surface area contributed by atoms with Crippen LogP contribution in [0.2, 0.25) is 0 Å². The number of carboxylic acid groups (broad SMARTS) is 1. The molecule has 21 heavy (non-hydrogen) atoms. The number of ether oxygens (including phenoxy) is 1. The Balaban J connectivity index is 3.76. The first-order chi connectivity index (χ1) is 10.1. The summed E-state index contributed by atoms with van der Waals surface area (Å²) in [6, 6.07) is 1.83. The number of nitrogens with one attached hydrogen (secondary N) is 1. The number of carboxylic acids is 1. The van der Waals surface area contributed by atoms with Gasteiger partial charge in [0.05, 0.1) is 19.1 Å². The van der Waals surface area contributed by atoms with Crippen molar-refractivity contribution >= 4 is 12.0 Å². The van der Waals surface area contributed by atoms with Gasteiger partial charge in [0.1, 0.15) is 0 Å². The number of nitriles is 1. The van der Waals surface area contributed by atoms with Crippen molar-refractivity contribution in [3.63, 3.8) is 0 Å². The summed E-state index contributed by atoms with van der Waals surface area (Å²) in [7, 11) is 1.57. The Hall–Kier alpha value is -1.81. The largest absolute Gasteiger partial charge is 0.481 e. The van der Waals surface area contributed by atoms with E-state index in [1.165, 1.54) is 0 Å². The van der Waals surface area contributed by atoms with Crippen molar-refractivity contribution in [2.75, 3.05) is 33.4 Å². The maximum atomic E-state index is 11.9. The number of aliphatic carboxylic acids is 1. The quantitative estimate of drug-likeness (QED) is 0.533. The van der Waals surface area contributed by atoms with Crippen molar-refractivity contribution in [3.05, 3.63) is 0 Å². The molecule has 0 unspecified atom stereocenters. The molecule has 7 nitrogen and oxygen atoms in total. The molecule has 0 aromatic rings. The van der Waals surface area contributed by atoms with Gasteiger partial charge in [-0.15, -0.1) is 0 Å². The van der Waals surface area contributed by atoms with Gasteiger partial charge in [-0.25, -0.2) is 4.79 Å². The number of carbonyl (C=O) groups is 2. The summed E-state index contributed by atoms with van der Waals surface area (Å²) in [5, 5.41) is 19.9. The molecule has 120 valence electrons. The fourth-order valence-corrected chi connectivity index (χ4v) is 1.76. The standard InChI is InChI=1S/C14H25N3O4/c1-21-12-11-17(10-6-8-15)14(20)16-9-5-3-2-4-7-13(18)19/h2-7,9-12H2,1H3,(H,16,20)(H,18,19). The van der Waals surface area contributed by atoms with E-state index in [2.05, 4.69) is 5.32 Å². The lowest BCUT2D eigenvalue weighted by Gasteiger charge is -2.21. The van der Waals surface area contributed by atoms with Crippen LogP contribution in [0.4, 0.5) is 4.79 Å². The predicted molar refractivity (Wildman–Crippen MR) is 77.8 cm³/mol. The summed E-state index contributed by atoms with van der Waals surface area (Å²) in [5.74, 6) is -0.769. The lowest BCUT2D eigenvalue weighted by atomic mass is 10.1. The molecule has 0 aromatic heterocycles. The molecule has 0 rings (SSSR count). The van der Waals surface area contributed by atoms with E-state index < -0.39 is 5.97 Å². The summed E-state index contributed by atoms with van der Waals surface area (Å²) in [6.07, 6.45) is 3.73. The molecule has 0 aliphatic rings. The fourth-order valence-electron chi connectivity index (χ4n) is 1.76. The second kappa shape index (κ2) is 13.2. The average molecular weight is 299 g/mol. The Morgan fingerprint density at radius 2 is 1.95 bits per heavy atom. The van der Waals surface area contributed by atoms with Gasteiger partial charge in [0.15, 0.2) is 0 Å². The minimum Gasteiger partial charge on any atom is -0.481 e. The van der Waals surface area contributed by atoms with E-state index in [9.17, 15) is 9.59 Å². The summed E-state index contributed by atoms with van der Waals surface area (Å²) in [6.45, 7) is 1.85. The zero-order valence-electron chi connectivity index (χ0n) is 12.6. The number of unbranched alkanes of at least 4 members (excludes halogenated alkanes) is 3. The fraction of sp³-hybridized carbons (Fsp3) is 0.786. The zero-order valence-corrected chi connectivity index (χ0v) is 12.6. The van der Waals surface area contributed by atoms with Crippen LogP contribution < -0.4 is 5.32 Å². The lowest BCUT2D eigenvalue weighted by molar-refractivity contribution is -0.137. The van der Waals surface area contributed by atoms with Crippen molar-refractivity contribution in [2.24, 2.45) is 0 Å². The number of carbonyl (C=O) groups excluding carboxylic acids is 1. The molecule has 0 heterocycles. The minimum atomic E-state index is -0.769. The van der Waals surface area contributed by atoms with Crippen LogP contribution in [0.3, 0.4) is 0 Å². The molecule has 0 aliphatic carbocycles. The highest BCUT2D eigenvalue weighted by molar-refractivity contribution is 5.74. The molecule has 0 radical (unpaired) electrons. The molecule has 0 saturated carbocycles. The third-order valence-electron chi connectivity index (χ3n) is 2.94. The van der Waals surface area contributed by atoms with Crippen LogP contribution in [-0.2, 0) is 9.53 Å². The van der Waals surface area contributed by atoms with Crippen molar-refractivity contribution in [1.82, 2.24) is 10.2 Å². The molecule has 0 spiro atoms. The van der Waals surface area contributed by atoms with E-state index in [1.807, 2.05) is 6.07 Å². The predicted octanol–water partition coefficient (Wildman–Crippen LogP) is 1.59. The van der Waals surface area contributed by atoms with Gasteiger partial charge in [-0.2, -0.15) is 5.26 Å². The monoisotopic (exact) mass is 299 g/mol. The number of rotatable bonds is 12. The van der Waals surface area contributed by atoms with E-state index in [1.54, 1.807) is 12.0 Å². The van der Waals surface area contributed by atoms with Gasteiger partial charge in [0.25, 0.3) is 0 Å². The molecular weight excluding hydrogens is 274 g/mol. The number of nitrogens with zero attached hydrogens (tertiary/aromatic N) is 2. The van der Waals surface area contributed by atoms with Crippen LogP contribution >= 0.6 is 0 Å². The first-order valence-corrected chi connectivity index (χ1v) is 7.22. The average Bonchev–Trinajstić information content (AvgIpc) is 2.46. The normalized spacial score (nSPS) is 9.90. The lowest BCUT2D eigenvalue weighted by Crippen LogP contribution is -2.42. The van der Waals surface area contributed by atoms with Crippen molar-refractivity contribution in [2.45, 2.75) is 38.5 Å². The highest BCUT2D eigenvalue weighted by atomic mass is 16.5. The number of amides is 2. The Morgan fingerprint density at radius 3 is 2.57 bits per heavy atom. The first kappa shape index (κ1) is 19.2. The Kier molecular flexibility index (Phi) is 12.0. The molecule has 0 bridgehead atoms. The zero-order chi connectivity index (χ0) is 15.9. The third-order valence-corrected chi connectivity index (χ3v) is 2.94. The highest BCUT2D eigenvalue weighted by Crippen LogP contribution is 2.02. The Morgan fingerprint density at radius 1 is 1.24 bits per heavy atom. The van der Waals surface area contributed by atoms with Gasteiger partial charge in [0, 0.05) is 33.2 Å². The second-order valence-corrected chi connectivity index (χ2v) is 4.68. The minimum absolute atomic E-state index is 0.187. The van der Waals surface area contributed by atoms with Crippen LogP contribution in [-0.4, -0.2) is 55.4 Å². The van der Waals surface area contributed by atoms with Crippen LogP contribution in [0.5, 0.6) is 0 Å². The highest BCUT2D eigenvalue weighted by Gasteiger charge is 2.11. The smallest absolute Gasteiger partial charge is 0.317 e. The van der Waals surface area contributed by atoms with Gasteiger partial charge in [-0.05, 0) is 12.8 Å². The van der Waals surface area contributed by atoms with E-state index >= 15 is 0 Å². The van der Waals surface area contributed by atoms with Crippen molar-refractivity contribution in [1.29, 1.82) is 5.26 Å². The molecule has 0 saturated heterocycles. The summed E-state index contributed by atoms with van der Waals surface area (Å²) < 4.78 is 4.94. The molecule has 0 aliphatic heterocycles. The number of urea groups is 1. The van der Waals surface area contributed by atoms with Crippen molar-refractivity contribution < 1.29 is 19.4 Å². The molecule has 0 fully saturated rings. The van der Waals surface area contributed by atoms with Crippen LogP contribution in [0.15, 0.2) is 0 Å². The van der Waals surface area contributed by atoms with Gasteiger partial charge in [-0.3, -0.25) is 4.79 Å². The van der Waals surface area contributed by atoms with E-state index in [4.69, 9.17) is 15.1 Å². The Labute approximate surface area is 125 Å². The molecule has 0 aromatic carbocycles. The molecular formula is C14H25N3O4. The number of hydrogen-bond donors (Lipinski definition) is 2. The topological polar surface area (TPSA) is 103 Å². The van der Waals surface area contributed by atoms with Gasteiger partial charge in [0.2, 0.25) is 0 Å². The molecule has 2 amide bonds. The van der Waals surface area contributed by atoms with Gasteiger partial charge < -0.3 is 20.1 Å². The SMILES string of the molecule is COCCN(CCC#N)C(=O)NCCCCCCC(=O)O. The summed E-state index contributed by atoms with van der Waals surface area (Å²) in [5.41, 5.74) is 0. The third kappa shape index (κ3) is 11.7. The van der Waals surface area contributed by atoms with Gasteiger partial charge in [-0.1, -0.05) is 12.8 Å². The Bertz CT molecular complexity index is 342. The van der Waals surface area contributed by atoms with Crippen LogP contribution in [0, 0.1) is 11.3 Å². The van der Waals surface area contributed by atoms with E-state index in [-0.39, 0.29) is 12.5 Å². The second-order valence-electron chi connectivity index (χ2n) is 4.68. The summed E-state index contributed by atoms with van der Waals surface area (Å²) >= 11 is 0. The molecule has 0 atom stereocenters. The maximum absolute atomic E-state index is 11.9. The van der Waals surface area contributed by atoms with Gasteiger partial charge >= 0.3 is 12.0 Å². The van der Waals surface area contributed by atoms with Crippen LogP contribution in [0.25, 0.3) is 0 Å². The maximum Gasteiger partial charge on any atom is 0.317 e. The van der Waals surface area contributed by atoms with Crippen molar-refractivity contribution in [3.8, 4) is 6.07 Å². The van der Waals surface area contributed by atoms with Crippen LogP contribution in [0.1, 0.15) is 38.5 Å². The molecule has 2 N–H and O–H groups in total. The van der Waals surface area contributed by atoms with E-state index in [0.717, 1.165) is 19.3 Å². The first-order valence-electron chi connectivity index (χ1n) is 7.22.